The number of hydrogen-bond donors (Lipinski definition) is 1. The van der Waals surface area contributed by atoms with E-state index in [9.17, 15) is 9.90 Å². The summed E-state index contributed by atoms with van der Waals surface area (Å²) in [5, 5.41) is 10.1. The smallest absolute Gasteiger partial charge is 0.339 e. The zero-order valence-corrected chi connectivity index (χ0v) is 10.6. The van der Waals surface area contributed by atoms with Crippen molar-refractivity contribution in [2.45, 2.75) is 0 Å². The molecule has 3 aromatic rings. The van der Waals surface area contributed by atoms with Gasteiger partial charge in [-0.2, -0.15) is 4.73 Å². The summed E-state index contributed by atoms with van der Waals surface area (Å²) in [6, 6.07) is 7.56. The highest BCUT2D eigenvalue weighted by Crippen LogP contribution is 2.30. The lowest BCUT2D eigenvalue weighted by Crippen LogP contribution is -2.03. The maximum Gasteiger partial charge on any atom is 0.339 e. The Kier molecular flexibility index (Phi) is 2.83. The van der Waals surface area contributed by atoms with Crippen molar-refractivity contribution in [2.75, 3.05) is 7.11 Å². The number of rotatable bonds is 3. The van der Waals surface area contributed by atoms with E-state index in [2.05, 4.69) is 9.97 Å². The van der Waals surface area contributed by atoms with Crippen LogP contribution in [0.2, 0.25) is 0 Å². The minimum Gasteiger partial charge on any atom is -0.478 e. The van der Waals surface area contributed by atoms with E-state index in [1.807, 2.05) is 24.3 Å². The van der Waals surface area contributed by atoms with Gasteiger partial charge in [-0.3, -0.25) is 0 Å². The molecule has 0 aliphatic heterocycles. The summed E-state index contributed by atoms with van der Waals surface area (Å²) in [6.07, 6.45) is 4.35. The zero-order chi connectivity index (χ0) is 14.1. The van der Waals surface area contributed by atoms with E-state index in [0.717, 1.165) is 10.9 Å². The number of carboxylic acids is 1. The van der Waals surface area contributed by atoms with Gasteiger partial charge in [0.25, 0.3) is 0 Å². The molecule has 2 heterocycles. The lowest BCUT2D eigenvalue weighted by Gasteiger charge is -2.02. The molecule has 0 bridgehead atoms. The summed E-state index contributed by atoms with van der Waals surface area (Å²) in [5.41, 5.74) is 1.98. The third-order valence-corrected chi connectivity index (χ3v) is 3.07. The normalized spacial score (nSPS) is 10.7. The molecule has 0 atom stereocenters. The van der Waals surface area contributed by atoms with Gasteiger partial charge in [0.2, 0.25) is 0 Å². The predicted molar refractivity (Wildman–Crippen MR) is 72.4 cm³/mol. The van der Waals surface area contributed by atoms with Crippen LogP contribution in [-0.4, -0.2) is 32.9 Å². The van der Waals surface area contributed by atoms with Gasteiger partial charge >= 0.3 is 5.97 Å². The summed E-state index contributed by atoms with van der Waals surface area (Å²) in [7, 11) is 1.55. The van der Waals surface area contributed by atoms with Gasteiger partial charge in [-0.1, -0.05) is 18.2 Å². The van der Waals surface area contributed by atoms with Crippen LogP contribution < -0.4 is 4.84 Å². The Hall–Kier alpha value is -2.89. The van der Waals surface area contributed by atoms with Crippen molar-refractivity contribution in [1.29, 1.82) is 0 Å². The molecule has 0 amide bonds. The molecule has 0 fully saturated rings. The number of benzene rings is 1. The second kappa shape index (κ2) is 4.65. The van der Waals surface area contributed by atoms with E-state index in [1.165, 1.54) is 12.5 Å². The molecular formula is C14H11N3O3. The van der Waals surface area contributed by atoms with Crippen LogP contribution in [0.25, 0.3) is 22.2 Å². The van der Waals surface area contributed by atoms with Gasteiger partial charge < -0.3 is 9.94 Å². The fourth-order valence-electron chi connectivity index (χ4n) is 2.19. The van der Waals surface area contributed by atoms with E-state index in [1.54, 1.807) is 18.0 Å². The largest absolute Gasteiger partial charge is 0.478 e. The second-order valence-electron chi connectivity index (χ2n) is 4.16. The van der Waals surface area contributed by atoms with Crippen LogP contribution >= 0.6 is 0 Å². The summed E-state index contributed by atoms with van der Waals surface area (Å²) in [6.45, 7) is 0. The van der Waals surface area contributed by atoms with Gasteiger partial charge in [0, 0.05) is 17.1 Å². The number of carboxylic acid groups (broad SMARTS) is 1. The number of nitrogens with zero attached hydrogens (tertiary/aromatic N) is 3. The predicted octanol–water partition coefficient (Wildman–Crippen LogP) is 1.85. The summed E-state index contributed by atoms with van der Waals surface area (Å²) in [5.74, 6) is -1.06. The Morgan fingerprint density at radius 3 is 2.90 bits per heavy atom. The van der Waals surface area contributed by atoms with Crippen LogP contribution in [0, 0.1) is 0 Å². The van der Waals surface area contributed by atoms with Crippen molar-refractivity contribution >= 4 is 16.9 Å². The van der Waals surface area contributed by atoms with Crippen LogP contribution in [0.1, 0.15) is 10.4 Å². The molecule has 0 unspecified atom stereocenters. The van der Waals surface area contributed by atoms with Crippen molar-refractivity contribution in [1.82, 2.24) is 14.7 Å². The summed E-state index contributed by atoms with van der Waals surface area (Å²) < 4.78 is 1.58. The first kappa shape index (κ1) is 12.2. The van der Waals surface area contributed by atoms with Gasteiger partial charge in [-0.15, -0.1) is 0 Å². The zero-order valence-electron chi connectivity index (χ0n) is 10.6. The van der Waals surface area contributed by atoms with Crippen molar-refractivity contribution < 1.29 is 14.7 Å². The maximum atomic E-state index is 11.3. The molecule has 0 radical (unpaired) electrons. The lowest BCUT2D eigenvalue weighted by atomic mass is 10.1. The van der Waals surface area contributed by atoms with Gasteiger partial charge in [-0.05, 0) is 6.07 Å². The first-order valence-corrected chi connectivity index (χ1v) is 5.90. The molecule has 6 heteroatoms. The van der Waals surface area contributed by atoms with Crippen molar-refractivity contribution in [2.24, 2.45) is 0 Å². The van der Waals surface area contributed by atoms with Crippen molar-refractivity contribution in [3.8, 4) is 11.3 Å². The second-order valence-corrected chi connectivity index (χ2v) is 4.16. The Balaban J connectivity index is 2.33. The highest BCUT2D eigenvalue weighted by Gasteiger charge is 2.18. The Bertz CT molecular complexity index is 795. The van der Waals surface area contributed by atoms with Gasteiger partial charge in [0.1, 0.15) is 19.0 Å². The third kappa shape index (κ3) is 1.78. The molecule has 0 aliphatic carbocycles. The topological polar surface area (TPSA) is 77.2 Å². The van der Waals surface area contributed by atoms with E-state index >= 15 is 0 Å². The fraction of sp³-hybridized carbons (Fsp3) is 0.0714. The number of carbonyl (C=O) groups is 1. The molecule has 0 saturated heterocycles. The van der Waals surface area contributed by atoms with Crippen LogP contribution in [0.3, 0.4) is 0 Å². The van der Waals surface area contributed by atoms with Crippen LogP contribution in [0.5, 0.6) is 0 Å². The maximum absolute atomic E-state index is 11.3. The van der Waals surface area contributed by atoms with Crippen LogP contribution in [0.4, 0.5) is 0 Å². The first-order valence-electron chi connectivity index (χ1n) is 5.90. The molecule has 0 spiro atoms. The number of aromatic nitrogens is 3. The lowest BCUT2D eigenvalue weighted by molar-refractivity contribution is 0.0697. The quantitative estimate of drug-likeness (QED) is 0.785. The number of aromatic carboxylic acids is 1. The van der Waals surface area contributed by atoms with E-state index in [4.69, 9.17) is 4.84 Å². The third-order valence-electron chi connectivity index (χ3n) is 3.07. The molecule has 2 aromatic heterocycles. The van der Waals surface area contributed by atoms with Gasteiger partial charge in [0.15, 0.2) is 0 Å². The molecule has 20 heavy (non-hydrogen) atoms. The molecule has 1 N–H and O–H groups in total. The van der Waals surface area contributed by atoms with Crippen LogP contribution in [0.15, 0.2) is 43.0 Å². The molecular weight excluding hydrogens is 258 g/mol. The summed E-state index contributed by atoms with van der Waals surface area (Å²) >= 11 is 0. The molecule has 0 saturated carbocycles. The minimum atomic E-state index is -1.06. The summed E-state index contributed by atoms with van der Waals surface area (Å²) in [4.78, 5) is 24.4. The fourth-order valence-corrected chi connectivity index (χ4v) is 2.19. The number of para-hydroxylation sites is 1. The molecule has 6 nitrogen and oxygen atoms in total. The average molecular weight is 269 g/mol. The Morgan fingerprint density at radius 2 is 2.15 bits per heavy atom. The first-order chi connectivity index (χ1) is 9.72. The SMILES string of the molecule is COn1cc(-c2ncncc2C(=O)O)c2ccccc21. The van der Waals surface area contributed by atoms with E-state index < -0.39 is 5.97 Å². The number of hydrogen-bond acceptors (Lipinski definition) is 4. The van der Waals surface area contributed by atoms with E-state index in [0.29, 0.717) is 11.3 Å². The number of fused-ring (bicyclic) bond motifs is 1. The highest BCUT2D eigenvalue weighted by molar-refractivity contribution is 6.01. The van der Waals surface area contributed by atoms with Crippen LogP contribution in [-0.2, 0) is 0 Å². The van der Waals surface area contributed by atoms with Gasteiger partial charge in [-0.25, -0.2) is 14.8 Å². The molecule has 0 aliphatic rings. The molecule has 1 aromatic carbocycles. The minimum absolute atomic E-state index is 0.0616. The standard InChI is InChI=1S/C14H11N3O3/c1-20-17-7-11(9-4-2-3-5-12(9)17)13-10(14(18)19)6-15-8-16-13/h2-8H,1H3,(H,18,19). The Morgan fingerprint density at radius 1 is 1.35 bits per heavy atom. The Labute approximate surface area is 114 Å². The monoisotopic (exact) mass is 269 g/mol. The van der Waals surface area contributed by atoms with E-state index in [-0.39, 0.29) is 5.56 Å². The molecule has 100 valence electrons. The highest BCUT2D eigenvalue weighted by atomic mass is 16.6. The molecule has 3 rings (SSSR count). The van der Waals surface area contributed by atoms with Crippen molar-refractivity contribution in [3.05, 3.63) is 48.5 Å². The van der Waals surface area contributed by atoms with Crippen molar-refractivity contribution in [3.63, 3.8) is 0 Å². The average Bonchev–Trinajstić information content (AvgIpc) is 2.86. The van der Waals surface area contributed by atoms with Gasteiger partial charge in [0.05, 0.1) is 17.4 Å².